The fourth-order valence-electron chi connectivity index (χ4n) is 2.36. The summed E-state index contributed by atoms with van der Waals surface area (Å²) >= 11 is 3.24. The van der Waals surface area contributed by atoms with Crippen LogP contribution in [0.5, 0.6) is 0 Å². The molecule has 24 heavy (non-hydrogen) atoms. The van der Waals surface area contributed by atoms with E-state index in [1.165, 1.54) is 11.1 Å². The average Bonchev–Trinajstić information content (AvgIpc) is 2.48. The van der Waals surface area contributed by atoms with E-state index in [1.54, 1.807) is 32.9 Å². The summed E-state index contributed by atoms with van der Waals surface area (Å²) in [7, 11) is 0. The molecular weight excluding hydrogens is 381 g/mol. The van der Waals surface area contributed by atoms with Crippen molar-refractivity contribution >= 4 is 33.7 Å². The van der Waals surface area contributed by atoms with Crippen molar-refractivity contribution in [3.8, 4) is 0 Å². The number of pyridine rings is 1. The maximum absolute atomic E-state index is 15.1. The molecule has 0 spiro atoms. The summed E-state index contributed by atoms with van der Waals surface area (Å²) in [5, 5.41) is 2.46. The van der Waals surface area contributed by atoms with Crippen molar-refractivity contribution in [2.24, 2.45) is 0 Å². The van der Waals surface area contributed by atoms with Crippen LogP contribution in [-0.4, -0.2) is 46.2 Å². The highest BCUT2D eigenvalue weighted by atomic mass is 79.9. The Kier molecular flexibility index (Phi) is 5.47. The smallest absolute Gasteiger partial charge is 0.410 e. The fraction of sp³-hybridized carbons (Fsp3) is 0.562. The van der Waals surface area contributed by atoms with Crippen molar-refractivity contribution < 1.29 is 18.7 Å². The molecule has 132 valence electrons. The number of nitrogens with zero attached hydrogens (tertiary/aromatic N) is 2. The summed E-state index contributed by atoms with van der Waals surface area (Å²) in [6.45, 7) is 5.25. The zero-order valence-electron chi connectivity index (χ0n) is 13.9. The Morgan fingerprint density at radius 1 is 1.42 bits per heavy atom. The number of aromatic nitrogens is 1. The van der Waals surface area contributed by atoms with Crippen molar-refractivity contribution in [1.29, 1.82) is 0 Å². The number of anilines is 1. The Morgan fingerprint density at radius 2 is 2.12 bits per heavy atom. The fourth-order valence-corrected chi connectivity index (χ4v) is 2.59. The number of likely N-dealkylation sites (tertiary alicyclic amines) is 1. The topological polar surface area (TPSA) is 71.5 Å². The third-order valence-electron chi connectivity index (χ3n) is 3.47. The van der Waals surface area contributed by atoms with E-state index in [9.17, 15) is 9.59 Å². The first kappa shape index (κ1) is 18.6. The third kappa shape index (κ3) is 4.90. The molecule has 0 bridgehead atoms. The molecule has 2 heterocycles. The number of hydrogen-bond donors (Lipinski definition) is 1. The van der Waals surface area contributed by atoms with E-state index in [0.717, 1.165) is 4.47 Å². The number of amides is 2. The molecule has 0 aliphatic carbocycles. The molecule has 8 heteroatoms. The van der Waals surface area contributed by atoms with Crippen LogP contribution in [0.15, 0.2) is 22.8 Å². The first-order chi connectivity index (χ1) is 11.1. The lowest BCUT2D eigenvalue weighted by Crippen LogP contribution is -2.54. The molecule has 1 aliphatic rings. The summed E-state index contributed by atoms with van der Waals surface area (Å²) in [4.78, 5) is 29.7. The minimum absolute atomic E-state index is 0.0503. The van der Waals surface area contributed by atoms with E-state index in [-0.39, 0.29) is 18.8 Å². The standard InChI is InChI=1S/C16H21BrFN3O3/c1-15(2,3)24-14(23)21-8-4-7-16(18,10-21)13(22)20-12-6-5-11(17)9-19-12/h5-6,9H,4,7-8,10H2,1-3H3,(H,19,20,22)/t16-/m1/s1. The number of piperidine rings is 1. The van der Waals surface area contributed by atoms with E-state index in [2.05, 4.69) is 26.2 Å². The van der Waals surface area contributed by atoms with Gasteiger partial charge < -0.3 is 15.0 Å². The van der Waals surface area contributed by atoms with E-state index in [0.29, 0.717) is 13.0 Å². The molecule has 0 saturated carbocycles. The summed E-state index contributed by atoms with van der Waals surface area (Å²) in [5.74, 6) is -0.541. The van der Waals surface area contributed by atoms with Gasteiger partial charge in [0.05, 0.1) is 6.54 Å². The first-order valence-electron chi connectivity index (χ1n) is 7.69. The zero-order valence-corrected chi connectivity index (χ0v) is 15.5. The van der Waals surface area contributed by atoms with E-state index in [1.807, 2.05) is 0 Å². The third-order valence-corrected chi connectivity index (χ3v) is 3.94. The van der Waals surface area contributed by atoms with Crippen LogP contribution in [-0.2, 0) is 9.53 Å². The number of carbonyl (C=O) groups is 2. The highest BCUT2D eigenvalue weighted by Gasteiger charge is 2.45. The summed E-state index contributed by atoms with van der Waals surface area (Å²) in [6, 6.07) is 3.27. The van der Waals surface area contributed by atoms with Crippen LogP contribution in [0.3, 0.4) is 0 Å². The molecule has 1 aromatic rings. The molecule has 1 aromatic heterocycles. The lowest BCUT2D eigenvalue weighted by atomic mass is 9.94. The lowest BCUT2D eigenvalue weighted by Gasteiger charge is -2.36. The molecule has 0 aromatic carbocycles. The second-order valence-electron chi connectivity index (χ2n) is 6.79. The quantitative estimate of drug-likeness (QED) is 0.822. The van der Waals surface area contributed by atoms with Crippen molar-refractivity contribution in [3.05, 3.63) is 22.8 Å². The zero-order chi connectivity index (χ0) is 18.0. The van der Waals surface area contributed by atoms with Crippen LogP contribution < -0.4 is 5.32 Å². The highest BCUT2D eigenvalue weighted by molar-refractivity contribution is 9.10. The van der Waals surface area contributed by atoms with E-state index in [4.69, 9.17) is 4.74 Å². The molecule has 1 atom stereocenters. The Hall–Kier alpha value is -1.70. The minimum Gasteiger partial charge on any atom is -0.444 e. The van der Waals surface area contributed by atoms with Gasteiger partial charge >= 0.3 is 6.09 Å². The molecule has 0 radical (unpaired) electrons. The number of alkyl halides is 1. The molecule has 1 fully saturated rings. The Balaban J connectivity index is 2.03. The molecule has 0 unspecified atom stereocenters. The maximum atomic E-state index is 15.1. The Labute approximate surface area is 148 Å². The van der Waals surface area contributed by atoms with Crippen molar-refractivity contribution in [3.63, 3.8) is 0 Å². The number of nitrogens with one attached hydrogen (secondary N) is 1. The van der Waals surface area contributed by atoms with Crippen LogP contribution in [0.2, 0.25) is 0 Å². The van der Waals surface area contributed by atoms with Crippen molar-refractivity contribution in [1.82, 2.24) is 9.88 Å². The van der Waals surface area contributed by atoms with Crippen molar-refractivity contribution in [2.75, 3.05) is 18.4 Å². The van der Waals surface area contributed by atoms with Crippen LogP contribution in [0.1, 0.15) is 33.6 Å². The van der Waals surface area contributed by atoms with Gasteiger partial charge in [0.25, 0.3) is 5.91 Å². The predicted molar refractivity (Wildman–Crippen MR) is 91.4 cm³/mol. The molecule has 2 amide bonds. The van der Waals surface area contributed by atoms with Gasteiger partial charge in [0.2, 0.25) is 5.67 Å². The molecule has 6 nitrogen and oxygen atoms in total. The number of carbonyl (C=O) groups excluding carboxylic acids is 2. The van der Waals surface area contributed by atoms with Crippen LogP contribution in [0.4, 0.5) is 15.0 Å². The Bertz CT molecular complexity index is 618. The molecular formula is C16H21BrFN3O3. The van der Waals surface area contributed by atoms with Gasteiger partial charge in [-0.2, -0.15) is 0 Å². The van der Waals surface area contributed by atoms with Gasteiger partial charge in [-0.3, -0.25) is 4.79 Å². The molecule has 1 N–H and O–H groups in total. The summed E-state index contributed by atoms with van der Waals surface area (Å²) in [6.07, 6.45) is 1.33. The Morgan fingerprint density at radius 3 is 2.71 bits per heavy atom. The van der Waals surface area contributed by atoms with Gasteiger partial charge in [0.1, 0.15) is 11.4 Å². The van der Waals surface area contributed by atoms with Crippen LogP contribution in [0, 0.1) is 0 Å². The summed E-state index contributed by atoms with van der Waals surface area (Å²) < 4.78 is 21.1. The summed E-state index contributed by atoms with van der Waals surface area (Å²) in [5.41, 5.74) is -2.83. The SMILES string of the molecule is CC(C)(C)OC(=O)N1CCC[C@](F)(C(=O)Nc2ccc(Br)cn2)C1. The van der Waals surface area contributed by atoms with Gasteiger partial charge in [-0.25, -0.2) is 14.2 Å². The molecule has 1 aliphatic heterocycles. The normalized spacial score (nSPS) is 21.3. The minimum atomic E-state index is -2.16. The second-order valence-corrected chi connectivity index (χ2v) is 7.70. The van der Waals surface area contributed by atoms with Gasteiger partial charge in [0.15, 0.2) is 0 Å². The van der Waals surface area contributed by atoms with Crippen LogP contribution in [0.25, 0.3) is 0 Å². The number of rotatable bonds is 2. The number of ether oxygens (including phenoxy) is 1. The maximum Gasteiger partial charge on any atom is 0.410 e. The van der Waals surface area contributed by atoms with Gasteiger partial charge in [-0.1, -0.05) is 0 Å². The van der Waals surface area contributed by atoms with Gasteiger partial charge in [-0.15, -0.1) is 0 Å². The number of halogens is 2. The van der Waals surface area contributed by atoms with Crippen molar-refractivity contribution in [2.45, 2.75) is 44.9 Å². The monoisotopic (exact) mass is 401 g/mol. The van der Waals surface area contributed by atoms with E-state index < -0.39 is 23.3 Å². The largest absolute Gasteiger partial charge is 0.444 e. The highest BCUT2D eigenvalue weighted by Crippen LogP contribution is 2.28. The second kappa shape index (κ2) is 7.04. The van der Waals surface area contributed by atoms with Gasteiger partial charge in [0, 0.05) is 17.2 Å². The number of hydrogen-bond acceptors (Lipinski definition) is 4. The van der Waals surface area contributed by atoms with E-state index >= 15 is 4.39 Å². The molecule has 1 saturated heterocycles. The van der Waals surface area contributed by atoms with Crippen LogP contribution >= 0.6 is 15.9 Å². The lowest BCUT2D eigenvalue weighted by molar-refractivity contribution is -0.130. The predicted octanol–water partition coefficient (Wildman–Crippen LogP) is 3.52. The van der Waals surface area contributed by atoms with Gasteiger partial charge in [-0.05, 0) is 61.7 Å². The molecule has 2 rings (SSSR count). The average molecular weight is 402 g/mol. The first-order valence-corrected chi connectivity index (χ1v) is 8.48.